The maximum Gasteiger partial charge on any atom is 0.318 e. The number of ether oxygens (including phenoxy) is 3. The van der Waals surface area contributed by atoms with E-state index in [0.717, 1.165) is 34.6 Å². The molecule has 3 aromatic rings. The van der Waals surface area contributed by atoms with E-state index in [-0.39, 0.29) is 6.10 Å². The van der Waals surface area contributed by atoms with Crippen LogP contribution in [0.3, 0.4) is 0 Å². The van der Waals surface area contributed by atoms with Crippen LogP contribution in [0.1, 0.15) is 11.7 Å². The molecular formula is C20H20ClN3O3. The molecule has 1 saturated heterocycles. The average molecular weight is 386 g/mol. The average Bonchev–Trinajstić information content (AvgIpc) is 2.73. The molecule has 140 valence electrons. The number of rotatable bonds is 4. The zero-order valence-electron chi connectivity index (χ0n) is 15.2. The largest absolute Gasteiger partial charge is 0.496 e. The van der Waals surface area contributed by atoms with E-state index < -0.39 is 0 Å². The van der Waals surface area contributed by atoms with Gasteiger partial charge in [-0.3, -0.25) is 0 Å². The molecule has 0 spiro atoms. The molecule has 27 heavy (non-hydrogen) atoms. The van der Waals surface area contributed by atoms with Crippen LogP contribution in [0.4, 0.5) is 5.82 Å². The van der Waals surface area contributed by atoms with Gasteiger partial charge in [0.25, 0.3) is 0 Å². The second-order valence-corrected chi connectivity index (χ2v) is 6.68. The van der Waals surface area contributed by atoms with Gasteiger partial charge in [0.1, 0.15) is 17.7 Å². The van der Waals surface area contributed by atoms with Crippen LogP contribution in [0.5, 0.6) is 11.8 Å². The quantitative estimate of drug-likeness (QED) is 0.679. The minimum absolute atomic E-state index is 0.0678. The summed E-state index contributed by atoms with van der Waals surface area (Å²) < 4.78 is 16.9. The molecule has 1 fully saturated rings. The fourth-order valence-electron chi connectivity index (χ4n) is 3.32. The van der Waals surface area contributed by atoms with Gasteiger partial charge in [0.15, 0.2) is 0 Å². The zero-order chi connectivity index (χ0) is 18.8. The number of methoxy groups -OCH3 is 2. The maximum absolute atomic E-state index is 6.01. The van der Waals surface area contributed by atoms with Gasteiger partial charge in [-0.15, -0.1) is 0 Å². The SMILES string of the molecule is COc1nc(N2CCOC(c3ccc(Cl)cc3)C2)c2c(OC)cccc2n1. The predicted octanol–water partition coefficient (Wildman–Crippen LogP) is 3.88. The second kappa shape index (κ2) is 7.58. The lowest BCUT2D eigenvalue weighted by molar-refractivity contribution is 0.0396. The molecule has 0 radical (unpaired) electrons. The third-order valence-corrected chi connectivity index (χ3v) is 4.91. The van der Waals surface area contributed by atoms with Crippen LogP contribution in [0.2, 0.25) is 5.02 Å². The van der Waals surface area contributed by atoms with Gasteiger partial charge in [-0.1, -0.05) is 29.8 Å². The van der Waals surface area contributed by atoms with Gasteiger partial charge in [0, 0.05) is 18.1 Å². The number of morpholine rings is 1. The van der Waals surface area contributed by atoms with Crippen molar-refractivity contribution in [2.75, 3.05) is 38.8 Å². The van der Waals surface area contributed by atoms with E-state index in [9.17, 15) is 0 Å². The van der Waals surface area contributed by atoms with E-state index in [2.05, 4.69) is 14.9 Å². The first-order valence-electron chi connectivity index (χ1n) is 8.70. The monoisotopic (exact) mass is 385 g/mol. The summed E-state index contributed by atoms with van der Waals surface area (Å²) in [5, 5.41) is 1.58. The Labute approximate surface area is 162 Å². The minimum atomic E-state index is -0.0678. The molecule has 2 heterocycles. The smallest absolute Gasteiger partial charge is 0.318 e. The van der Waals surface area contributed by atoms with Crippen LogP contribution in [-0.2, 0) is 4.74 Å². The Kier molecular flexibility index (Phi) is 5.01. The van der Waals surface area contributed by atoms with Crippen LogP contribution in [0.15, 0.2) is 42.5 Å². The highest BCUT2D eigenvalue weighted by Gasteiger charge is 2.26. The molecule has 0 bridgehead atoms. The second-order valence-electron chi connectivity index (χ2n) is 6.25. The molecule has 1 aliphatic heterocycles. The first-order valence-corrected chi connectivity index (χ1v) is 9.08. The van der Waals surface area contributed by atoms with Crippen molar-refractivity contribution < 1.29 is 14.2 Å². The Hall–Kier alpha value is -2.57. The van der Waals surface area contributed by atoms with E-state index in [0.29, 0.717) is 24.2 Å². The van der Waals surface area contributed by atoms with E-state index in [1.165, 1.54) is 0 Å². The zero-order valence-corrected chi connectivity index (χ0v) is 15.9. The molecule has 1 unspecified atom stereocenters. The molecule has 4 rings (SSSR count). The Morgan fingerprint density at radius 2 is 1.89 bits per heavy atom. The lowest BCUT2D eigenvalue weighted by Gasteiger charge is -2.34. The number of hydrogen-bond acceptors (Lipinski definition) is 6. The van der Waals surface area contributed by atoms with Crippen molar-refractivity contribution in [3.63, 3.8) is 0 Å². The maximum atomic E-state index is 6.01. The minimum Gasteiger partial charge on any atom is -0.496 e. The predicted molar refractivity (Wildman–Crippen MR) is 105 cm³/mol. The third kappa shape index (κ3) is 3.50. The molecule has 0 aliphatic carbocycles. The van der Waals surface area contributed by atoms with Gasteiger partial charge < -0.3 is 19.1 Å². The van der Waals surface area contributed by atoms with Crippen molar-refractivity contribution in [2.24, 2.45) is 0 Å². The Morgan fingerprint density at radius 1 is 1.07 bits per heavy atom. The number of fused-ring (bicyclic) bond motifs is 1. The molecule has 2 aromatic carbocycles. The first-order chi connectivity index (χ1) is 13.2. The molecule has 0 N–H and O–H groups in total. The molecule has 6 nitrogen and oxygen atoms in total. The summed E-state index contributed by atoms with van der Waals surface area (Å²) in [7, 11) is 3.22. The van der Waals surface area contributed by atoms with Crippen molar-refractivity contribution in [1.29, 1.82) is 0 Å². The van der Waals surface area contributed by atoms with Crippen molar-refractivity contribution >= 4 is 28.3 Å². The van der Waals surface area contributed by atoms with Crippen LogP contribution in [0, 0.1) is 0 Å². The molecule has 1 aromatic heterocycles. The number of anilines is 1. The fourth-order valence-corrected chi connectivity index (χ4v) is 3.45. The molecule has 0 amide bonds. The highest BCUT2D eigenvalue weighted by molar-refractivity contribution is 6.30. The molecule has 1 aliphatic rings. The van der Waals surface area contributed by atoms with Gasteiger partial charge >= 0.3 is 6.01 Å². The van der Waals surface area contributed by atoms with Gasteiger partial charge in [0.2, 0.25) is 0 Å². The third-order valence-electron chi connectivity index (χ3n) is 4.66. The van der Waals surface area contributed by atoms with E-state index >= 15 is 0 Å². The Balaban J connectivity index is 1.75. The van der Waals surface area contributed by atoms with E-state index in [1.54, 1.807) is 14.2 Å². The first kappa shape index (κ1) is 17.8. The summed E-state index contributed by atoms with van der Waals surface area (Å²) in [5.74, 6) is 1.52. The van der Waals surface area contributed by atoms with Crippen LogP contribution < -0.4 is 14.4 Å². The van der Waals surface area contributed by atoms with Crippen molar-refractivity contribution in [1.82, 2.24) is 9.97 Å². The summed E-state index contributed by atoms with van der Waals surface area (Å²) in [6, 6.07) is 13.8. The van der Waals surface area contributed by atoms with Gasteiger partial charge in [-0.2, -0.15) is 9.97 Å². The molecule has 7 heteroatoms. The lowest BCUT2D eigenvalue weighted by Crippen LogP contribution is -2.39. The van der Waals surface area contributed by atoms with Crippen LogP contribution >= 0.6 is 11.6 Å². The Morgan fingerprint density at radius 3 is 2.63 bits per heavy atom. The molecule has 0 saturated carbocycles. The summed E-state index contributed by atoms with van der Waals surface area (Å²) in [5.41, 5.74) is 1.87. The Bertz CT molecular complexity index is 949. The van der Waals surface area contributed by atoms with Gasteiger partial charge in [0.05, 0.1) is 31.7 Å². The lowest BCUT2D eigenvalue weighted by atomic mass is 10.1. The molecule has 1 atom stereocenters. The number of hydrogen-bond donors (Lipinski definition) is 0. The number of aromatic nitrogens is 2. The summed E-state index contributed by atoms with van der Waals surface area (Å²) in [4.78, 5) is 11.3. The van der Waals surface area contributed by atoms with E-state index in [1.807, 2.05) is 42.5 Å². The topological polar surface area (TPSA) is 56.7 Å². The summed E-state index contributed by atoms with van der Waals surface area (Å²) in [6.45, 7) is 1.97. The van der Waals surface area contributed by atoms with Crippen molar-refractivity contribution in [2.45, 2.75) is 6.10 Å². The fraction of sp³-hybridized carbons (Fsp3) is 0.300. The van der Waals surface area contributed by atoms with Crippen molar-refractivity contribution in [3.8, 4) is 11.8 Å². The molecular weight excluding hydrogens is 366 g/mol. The highest BCUT2D eigenvalue weighted by Crippen LogP contribution is 2.36. The summed E-state index contributed by atoms with van der Waals surface area (Å²) in [6.07, 6.45) is -0.0678. The summed E-state index contributed by atoms with van der Waals surface area (Å²) >= 11 is 6.01. The van der Waals surface area contributed by atoms with Gasteiger partial charge in [-0.05, 0) is 29.8 Å². The normalized spacial score (nSPS) is 17.1. The highest BCUT2D eigenvalue weighted by atomic mass is 35.5. The van der Waals surface area contributed by atoms with Crippen LogP contribution in [0.25, 0.3) is 10.9 Å². The number of benzene rings is 2. The standard InChI is InChI=1S/C20H20ClN3O3/c1-25-16-5-3-4-15-18(16)19(23-20(22-15)26-2)24-10-11-27-17(12-24)13-6-8-14(21)9-7-13/h3-9,17H,10-12H2,1-2H3. The number of halogens is 1. The number of nitrogens with zero attached hydrogens (tertiary/aromatic N) is 3. The van der Waals surface area contributed by atoms with Crippen LogP contribution in [-0.4, -0.2) is 43.9 Å². The van der Waals surface area contributed by atoms with E-state index in [4.69, 9.17) is 25.8 Å². The van der Waals surface area contributed by atoms with Gasteiger partial charge in [-0.25, -0.2) is 0 Å². The van der Waals surface area contributed by atoms with Crippen molar-refractivity contribution in [3.05, 3.63) is 53.1 Å².